The molecule has 2 N–H and O–H groups in total. The van der Waals surface area contributed by atoms with E-state index in [-0.39, 0.29) is 19.0 Å². The van der Waals surface area contributed by atoms with Gasteiger partial charge >= 0.3 is 12.0 Å². The molecule has 0 radical (unpaired) electrons. The molecule has 2 aliphatic rings. The minimum absolute atomic E-state index is 0.00750. The van der Waals surface area contributed by atoms with Crippen molar-refractivity contribution < 1.29 is 14.7 Å². The Balaban J connectivity index is 1.73. The molecule has 0 aromatic carbocycles. The van der Waals surface area contributed by atoms with Gasteiger partial charge in [-0.05, 0) is 37.5 Å². The minimum Gasteiger partial charge on any atom is -0.481 e. The van der Waals surface area contributed by atoms with Crippen LogP contribution in [0.4, 0.5) is 4.79 Å². The second-order valence-electron chi connectivity index (χ2n) is 5.52. The molecule has 0 aliphatic heterocycles. The highest BCUT2D eigenvalue weighted by Gasteiger charge is 2.29. The molecule has 0 spiro atoms. The van der Waals surface area contributed by atoms with Crippen LogP contribution in [0.5, 0.6) is 0 Å². The van der Waals surface area contributed by atoms with Gasteiger partial charge < -0.3 is 15.3 Å². The van der Waals surface area contributed by atoms with E-state index >= 15 is 0 Å². The van der Waals surface area contributed by atoms with E-state index < -0.39 is 5.97 Å². The fraction of sp³-hybridized carbons (Fsp3) is 0.846. The molecule has 18 heavy (non-hydrogen) atoms. The van der Waals surface area contributed by atoms with Crippen LogP contribution in [-0.2, 0) is 4.79 Å². The van der Waals surface area contributed by atoms with Crippen LogP contribution in [0, 0.1) is 11.8 Å². The number of carbonyl (C=O) groups excluding carboxylic acids is 1. The number of carboxylic acids is 1. The minimum atomic E-state index is -0.872. The predicted octanol–water partition coefficient (Wildman–Crippen LogP) is 1.68. The fourth-order valence-corrected chi connectivity index (χ4v) is 2.23. The van der Waals surface area contributed by atoms with E-state index in [4.69, 9.17) is 5.11 Å². The normalized spacial score (nSPS) is 19.1. The van der Waals surface area contributed by atoms with Crippen LogP contribution in [0.2, 0.25) is 0 Å². The van der Waals surface area contributed by atoms with Crippen LogP contribution >= 0.6 is 0 Å². The van der Waals surface area contributed by atoms with Crippen LogP contribution in [0.3, 0.4) is 0 Å². The van der Waals surface area contributed by atoms with Crippen molar-refractivity contribution >= 4 is 12.0 Å². The Kier molecular flexibility index (Phi) is 4.44. The fourth-order valence-electron chi connectivity index (χ4n) is 2.23. The Labute approximate surface area is 108 Å². The third kappa shape index (κ3) is 4.20. The van der Waals surface area contributed by atoms with Crippen LogP contribution < -0.4 is 5.32 Å². The summed E-state index contributed by atoms with van der Waals surface area (Å²) in [6.07, 6.45) is 6.18. The summed E-state index contributed by atoms with van der Waals surface area (Å²) in [6.45, 7) is 1.91. The first kappa shape index (κ1) is 13.2. The Morgan fingerprint density at radius 1 is 1.11 bits per heavy atom. The van der Waals surface area contributed by atoms with Crippen LogP contribution in [0.1, 0.15) is 38.5 Å². The summed E-state index contributed by atoms with van der Waals surface area (Å²) in [5, 5.41) is 11.3. The van der Waals surface area contributed by atoms with Crippen LogP contribution in [0.25, 0.3) is 0 Å². The summed E-state index contributed by atoms with van der Waals surface area (Å²) in [5.41, 5.74) is 0. The monoisotopic (exact) mass is 254 g/mol. The van der Waals surface area contributed by atoms with E-state index in [0.717, 1.165) is 13.1 Å². The van der Waals surface area contributed by atoms with Crippen molar-refractivity contribution in [3.05, 3.63) is 0 Å². The first-order chi connectivity index (χ1) is 8.65. The number of urea groups is 1. The molecule has 0 aromatic heterocycles. The number of rotatable bonds is 7. The van der Waals surface area contributed by atoms with E-state index in [0.29, 0.717) is 11.8 Å². The molecule has 0 aromatic rings. The average Bonchev–Trinajstić information content (AvgIpc) is 3.04. The Morgan fingerprint density at radius 3 is 2.17 bits per heavy atom. The number of nitrogens with one attached hydrogen (secondary N) is 1. The molecule has 2 saturated carbocycles. The zero-order chi connectivity index (χ0) is 13.0. The molecule has 0 saturated heterocycles. The highest BCUT2D eigenvalue weighted by atomic mass is 16.4. The van der Waals surface area contributed by atoms with E-state index in [1.807, 2.05) is 4.90 Å². The lowest BCUT2D eigenvalue weighted by molar-refractivity contribution is -0.136. The zero-order valence-corrected chi connectivity index (χ0v) is 10.7. The second kappa shape index (κ2) is 6.07. The second-order valence-corrected chi connectivity index (χ2v) is 5.52. The summed E-state index contributed by atoms with van der Waals surface area (Å²) in [6, 6.07) is -0.0879. The van der Waals surface area contributed by atoms with E-state index in [2.05, 4.69) is 5.32 Å². The van der Waals surface area contributed by atoms with Crippen molar-refractivity contribution in [2.45, 2.75) is 38.5 Å². The average molecular weight is 254 g/mol. The van der Waals surface area contributed by atoms with Gasteiger partial charge in [0.05, 0.1) is 6.42 Å². The summed E-state index contributed by atoms with van der Waals surface area (Å²) in [4.78, 5) is 24.3. The smallest absolute Gasteiger partial charge is 0.317 e. The van der Waals surface area contributed by atoms with Gasteiger partial charge in [0.25, 0.3) is 0 Å². The molecule has 0 bridgehead atoms. The van der Waals surface area contributed by atoms with Gasteiger partial charge in [0.15, 0.2) is 0 Å². The topological polar surface area (TPSA) is 69.6 Å². The quantitative estimate of drug-likeness (QED) is 0.726. The van der Waals surface area contributed by atoms with Gasteiger partial charge in [0.1, 0.15) is 0 Å². The molecule has 102 valence electrons. The number of hydrogen-bond acceptors (Lipinski definition) is 2. The predicted molar refractivity (Wildman–Crippen MR) is 67.3 cm³/mol. The SMILES string of the molecule is O=C(O)CCNC(=O)N(CC1CCC1)CC1CC1. The van der Waals surface area contributed by atoms with Crippen molar-refractivity contribution in [3.63, 3.8) is 0 Å². The first-order valence-corrected chi connectivity index (χ1v) is 6.89. The van der Waals surface area contributed by atoms with Crippen LogP contribution in [0.15, 0.2) is 0 Å². The summed E-state index contributed by atoms with van der Waals surface area (Å²) in [7, 11) is 0. The van der Waals surface area contributed by atoms with Gasteiger partial charge in [0.2, 0.25) is 0 Å². The van der Waals surface area contributed by atoms with Gasteiger partial charge in [-0.2, -0.15) is 0 Å². The Bertz CT molecular complexity index is 311. The Hall–Kier alpha value is -1.26. The van der Waals surface area contributed by atoms with E-state index in [1.54, 1.807) is 0 Å². The summed E-state index contributed by atoms with van der Waals surface area (Å²) < 4.78 is 0. The third-order valence-corrected chi connectivity index (χ3v) is 3.78. The lowest BCUT2D eigenvalue weighted by Gasteiger charge is -2.32. The number of amides is 2. The van der Waals surface area contributed by atoms with Gasteiger partial charge in [-0.3, -0.25) is 4.79 Å². The van der Waals surface area contributed by atoms with Crippen molar-refractivity contribution in [1.82, 2.24) is 10.2 Å². The van der Waals surface area contributed by atoms with Gasteiger partial charge in [0, 0.05) is 19.6 Å². The largest absolute Gasteiger partial charge is 0.481 e. The van der Waals surface area contributed by atoms with Crippen LogP contribution in [-0.4, -0.2) is 41.6 Å². The highest BCUT2D eigenvalue weighted by Crippen LogP contribution is 2.32. The zero-order valence-electron chi connectivity index (χ0n) is 10.7. The maximum atomic E-state index is 12.0. The van der Waals surface area contributed by atoms with Gasteiger partial charge in [-0.25, -0.2) is 4.79 Å². The molecule has 5 nitrogen and oxygen atoms in total. The van der Waals surface area contributed by atoms with Crippen molar-refractivity contribution in [2.75, 3.05) is 19.6 Å². The first-order valence-electron chi connectivity index (χ1n) is 6.89. The van der Waals surface area contributed by atoms with Crippen molar-refractivity contribution in [2.24, 2.45) is 11.8 Å². The molecule has 0 atom stereocenters. The Morgan fingerprint density at radius 2 is 1.72 bits per heavy atom. The number of aliphatic carboxylic acids is 1. The van der Waals surface area contributed by atoms with Gasteiger partial charge in [-0.1, -0.05) is 6.42 Å². The number of nitrogens with zero attached hydrogens (tertiary/aromatic N) is 1. The van der Waals surface area contributed by atoms with Crippen molar-refractivity contribution in [1.29, 1.82) is 0 Å². The lowest BCUT2D eigenvalue weighted by Crippen LogP contribution is -2.45. The molecular weight excluding hydrogens is 232 g/mol. The number of hydrogen-bond donors (Lipinski definition) is 2. The standard InChI is InChI=1S/C13H22N2O3/c16-12(17)6-7-14-13(18)15(9-11-4-5-11)8-10-2-1-3-10/h10-11H,1-9H2,(H,14,18)(H,16,17). The molecule has 5 heteroatoms. The molecule has 0 unspecified atom stereocenters. The molecule has 0 heterocycles. The summed E-state index contributed by atoms with van der Waals surface area (Å²) >= 11 is 0. The van der Waals surface area contributed by atoms with Crippen molar-refractivity contribution in [3.8, 4) is 0 Å². The molecule has 2 aliphatic carbocycles. The molecule has 2 rings (SSSR count). The summed E-state index contributed by atoms with van der Waals surface area (Å²) in [5.74, 6) is 0.465. The molecule has 2 amide bonds. The highest BCUT2D eigenvalue weighted by molar-refractivity contribution is 5.75. The molecule has 2 fully saturated rings. The number of carboxylic acid groups (broad SMARTS) is 1. The lowest BCUT2D eigenvalue weighted by atomic mass is 9.85. The number of carbonyl (C=O) groups is 2. The third-order valence-electron chi connectivity index (χ3n) is 3.78. The maximum absolute atomic E-state index is 12.0. The van der Waals surface area contributed by atoms with E-state index in [1.165, 1.54) is 32.1 Å². The maximum Gasteiger partial charge on any atom is 0.317 e. The van der Waals surface area contributed by atoms with E-state index in [9.17, 15) is 9.59 Å². The van der Waals surface area contributed by atoms with Gasteiger partial charge in [-0.15, -0.1) is 0 Å². The molecular formula is C13H22N2O3.